The van der Waals surface area contributed by atoms with Crippen molar-refractivity contribution in [2.24, 2.45) is 5.16 Å². The van der Waals surface area contributed by atoms with Crippen molar-refractivity contribution in [3.63, 3.8) is 0 Å². The van der Waals surface area contributed by atoms with Gasteiger partial charge in [-0.15, -0.1) is 0 Å². The van der Waals surface area contributed by atoms with E-state index in [0.29, 0.717) is 19.3 Å². The molecule has 8 heteroatoms. The van der Waals surface area contributed by atoms with Gasteiger partial charge in [-0.25, -0.2) is 0 Å². The van der Waals surface area contributed by atoms with Gasteiger partial charge in [0.2, 0.25) is 0 Å². The van der Waals surface area contributed by atoms with Gasteiger partial charge >= 0.3 is 11.9 Å². The summed E-state index contributed by atoms with van der Waals surface area (Å²) in [5.74, 6) is -0.412. The van der Waals surface area contributed by atoms with Crippen molar-refractivity contribution in [1.82, 2.24) is 0 Å². The van der Waals surface area contributed by atoms with E-state index in [1.165, 1.54) is 21.3 Å². The fraction of sp³-hybridized carbons (Fsp3) is 0.682. The van der Waals surface area contributed by atoms with E-state index in [1.54, 1.807) is 0 Å². The highest BCUT2D eigenvalue weighted by Crippen LogP contribution is 2.29. The Balaban J connectivity index is 2.89. The first kappa shape index (κ1) is 26.1. The molecule has 0 N–H and O–H groups in total. The first-order valence-electron chi connectivity index (χ1n) is 10.5. The zero-order valence-electron chi connectivity index (χ0n) is 19.3. The average Bonchev–Trinajstić information content (AvgIpc) is 3.07. The number of unbranched alkanes of at least 4 members (excludes halogenated alkanes) is 1. The van der Waals surface area contributed by atoms with Crippen LogP contribution in [0.3, 0.4) is 0 Å². The summed E-state index contributed by atoms with van der Waals surface area (Å²) < 4.78 is 15.8. The van der Waals surface area contributed by atoms with Gasteiger partial charge in [0.1, 0.15) is 7.11 Å². The highest BCUT2D eigenvalue weighted by molar-refractivity contribution is 6.69. The van der Waals surface area contributed by atoms with Crippen LogP contribution in [-0.4, -0.2) is 53.4 Å². The lowest BCUT2D eigenvalue weighted by Gasteiger charge is -2.24. The second-order valence-corrected chi connectivity index (χ2v) is 12.7. The van der Waals surface area contributed by atoms with Crippen LogP contribution in [0.1, 0.15) is 51.4 Å². The minimum atomic E-state index is -1.73. The molecule has 0 radical (unpaired) electrons. The van der Waals surface area contributed by atoms with Crippen LogP contribution in [0.25, 0.3) is 0 Å². The zero-order valence-corrected chi connectivity index (χ0v) is 20.3. The van der Waals surface area contributed by atoms with Crippen LogP contribution in [0.5, 0.6) is 0 Å². The van der Waals surface area contributed by atoms with E-state index in [1.807, 2.05) is 0 Å². The number of carbonyl (C=O) groups is 2. The Morgan fingerprint density at radius 1 is 1.03 bits per heavy atom. The van der Waals surface area contributed by atoms with Gasteiger partial charge in [0, 0.05) is 12.8 Å². The van der Waals surface area contributed by atoms with Crippen LogP contribution in [-0.2, 0) is 28.3 Å². The third kappa shape index (κ3) is 10.2. The number of ether oxygens (including phenoxy) is 2. The van der Waals surface area contributed by atoms with E-state index in [2.05, 4.69) is 36.9 Å². The fourth-order valence-electron chi connectivity index (χ4n) is 3.36. The molecule has 0 saturated carbocycles. The van der Waals surface area contributed by atoms with Crippen molar-refractivity contribution in [1.29, 1.82) is 0 Å². The predicted octanol–water partition coefficient (Wildman–Crippen LogP) is 4.54. The highest BCUT2D eigenvalue weighted by atomic mass is 28.4. The number of methoxy groups -OCH3 is 2. The van der Waals surface area contributed by atoms with Gasteiger partial charge in [0.25, 0.3) is 0 Å². The first-order valence-corrected chi connectivity index (χ1v) is 13.9. The van der Waals surface area contributed by atoms with Crippen molar-refractivity contribution in [2.45, 2.75) is 77.1 Å². The maximum Gasteiger partial charge on any atom is 0.305 e. The Morgan fingerprint density at radius 2 is 1.70 bits per heavy atom. The number of nitrogens with zero attached hydrogens (tertiary/aromatic N) is 1. The maximum absolute atomic E-state index is 11.6. The van der Waals surface area contributed by atoms with E-state index in [0.717, 1.165) is 49.0 Å². The van der Waals surface area contributed by atoms with Crippen LogP contribution in [0, 0.1) is 0 Å². The lowest BCUT2D eigenvalue weighted by atomic mass is 10.0. The number of hydrogen-bond acceptors (Lipinski definition) is 7. The van der Waals surface area contributed by atoms with Crippen molar-refractivity contribution in [3.05, 3.63) is 23.3 Å². The maximum atomic E-state index is 11.6. The Bertz CT molecular complexity index is 663. The smallest absolute Gasteiger partial charge is 0.305 e. The highest BCUT2D eigenvalue weighted by Gasteiger charge is 2.23. The molecule has 170 valence electrons. The molecule has 0 aromatic heterocycles. The van der Waals surface area contributed by atoms with Crippen LogP contribution < -0.4 is 0 Å². The SMILES string of the molecule is CO/N=C1/CCC(/C=C/C(CCCCC(=O)OC)O[Si](C)(C)C)=C1CCC(=O)OC. The summed E-state index contributed by atoms with van der Waals surface area (Å²) in [6.07, 6.45) is 9.70. The summed E-state index contributed by atoms with van der Waals surface area (Å²) in [4.78, 5) is 27.9. The van der Waals surface area contributed by atoms with E-state index >= 15 is 0 Å². The summed E-state index contributed by atoms with van der Waals surface area (Å²) in [7, 11) is 2.62. The Kier molecular flexibility index (Phi) is 11.6. The molecule has 0 spiro atoms. The predicted molar refractivity (Wildman–Crippen MR) is 120 cm³/mol. The number of allylic oxidation sites excluding steroid dienone is 3. The molecular formula is C22H37NO6Si. The Labute approximate surface area is 181 Å². The normalized spacial score (nSPS) is 16.9. The number of oxime groups is 1. The lowest BCUT2D eigenvalue weighted by Crippen LogP contribution is -2.31. The molecule has 0 bridgehead atoms. The van der Waals surface area contributed by atoms with Gasteiger partial charge < -0.3 is 18.7 Å². The van der Waals surface area contributed by atoms with E-state index in [-0.39, 0.29) is 18.0 Å². The molecule has 1 aliphatic carbocycles. The van der Waals surface area contributed by atoms with Gasteiger partial charge in [0.05, 0.1) is 26.0 Å². The second-order valence-electron chi connectivity index (χ2n) is 8.25. The molecule has 0 amide bonds. The minimum absolute atomic E-state index is 0.00733. The standard InChI is InChI=1S/C22H37NO6Si/c1-26-21(24)10-8-7-9-18(29-30(4,5)6)13-11-17-12-15-20(23-28-3)19(17)14-16-22(25)27-2/h11,13,18H,7-10,12,14-16H2,1-6H3/b13-11+,23-20-. The third-order valence-corrected chi connectivity index (χ3v) is 5.75. The molecular weight excluding hydrogens is 402 g/mol. The summed E-state index contributed by atoms with van der Waals surface area (Å²) in [6.45, 7) is 6.51. The average molecular weight is 440 g/mol. The van der Waals surface area contributed by atoms with Gasteiger partial charge in [-0.3, -0.25) is 9.59 Å². The number of carbonyl (C=O) groups excluding carboxylic acids is 2. The topological polar surface area (TPSA) is 83.4 Å². The van der Waals surface area contributed by atoms with Gasteiger partial charge in [-0.2, -0.15) is 0 Å². The van der Waals surface area contributed by atoms with Gasteiger partial charge in [-0.1, -0.05) is 23.7 Å². The third-order valence-electron chi connectivity index (χ3n) is 4.74. The minimum Gasteiger partial charge on any atom is -0.469 e. The van der Waals surface area contributed by atoms with Crippen LogP contribution in [0.15, 0.2) is 28.5 Å². The lowest BCUT2D eigenvalue weighted by molar-refractivity contribution is -0.141. The van der Waals surface area contributed by atoms with E-state index < -0.39 is 8.32 Å². The molecule has 0 heterocycles. The molecule has 7 nitrogen and oxygen atoms in total. The largest absolute Gasteiger partial charge is 0.469 e. The number of esters is 2. The molecule has 1 atom stereocenters. The van der Waals surface area contributed by atoms with E-state index in [4.69, 9.17) is 18.7 Å². The molecule has 0 aliphatic heterocycles. The zero-order chi connectivity index (χ0) is 22.6. The van der Waals surface area contributed by atoms with Crippen LogP contribution in [0.4, 0.5) is 0 Å². The number of rotatable bonds is 13. The van der Waals surface area contributed by atoms with Crippen molar-refractivity contribution >= 4 is 26.0 Å². The van der Waals surface area contributed by atoms with Gasteiger partial charge in [0.15, 0.2) is 8.32 Å². The quantitative estimate of drug-likeness (QED) is 0.181. The molecule has 0 aromatic carbocycles. The summed E-state index contributed by atoms with van der Waals surface area (Å²) in [5, 5.41) is 4.14. The fourth-order valence-corrected chi connectivity index (χ4v) is 4.46. The van der Waals surface area contributed by atoms with Crippen LogP contribution in [0.2, 0.25) is 19.6 Å². The molecule has 0 saturated heterocycles. The summed E-state index contributed by atoms with van der Waals surface area (Å²) in [6, 6.07) is 0. The molecule has 0 aromatic rings. The van der Waals surface area contributed by atoms with Crippen LogP contribution >= 0.6 is 0 Å². The molecule has 1 rings (SSSR count). The second kappa shape index (κ2) is 13.4. The summed E-state index contributed by atoms with van der Waals surface area (Å²) >= 11 is 0. The van der Waals surface area contributed by atoms with Gasteiger partial charge in [-0.05, 0) is 62.9 Å². The Hall–Kier alpha value is -1.93. The first-order chi connectivity index (χ1) is 14.2. The monoisotopic (exact) mass is 439 g/mol. The van der Waals surface area contributed by atoms with Crippen molar-refractivity contribution < 1.29 is 28.3 Å². The van der Waals surface area contributed by atoms with E-state index in [9.17, 15) is 9.59 Å². The summed E-state index contributed by atoms with van der Waals surface area (Å²) in [5.41, 5.74) is 3.10. The Morgan fingerprint density at radius 3 is 2.30 bits per heavy atom. The molecule has 0 fully saturated rings. The number of hydrogen-bond donors (Lipinski definition) is 0. The van der Waals surface area contributed by atoms with Crippen molar-refractivity contribution in [2.75, 3.05) is 21.3 Å². The molecule has 30 heavy (non-hydrogen) atoms. The molecule has 1 aliphatic rings. The van der Waals surface area contributed by atoms with Crippen molar-refractivity contribution in [3.8, 4) is 0 Å². The molecule has 1 unspecified atom stereocenters.